The molecule has 0 aliphatic heterocycles. The van der Waals surface area contributed by atoms with E-state index in [0.717, 1.165) is 37.3 Å². The highest BCUT2D eigenvalue weighted by Gasteiger charge is 2.19. The van der Waals surface area contributed by atoms with Crippen LogP contribution in [0, 0.1) is 0 Å². The van der Waals surface area contributed by atoms with Gasteiger partial charge < -0.3 is 25.3 Å². The monoisotopic (exact) mass is 482 g/mol. The summed E-state index contributed by atoms with van der Waals surface area (Å²) in [4.78, 5) is 27.7. The maximum Gasteiger partial charge on any atom is 0.323 e. The molecule has 8 heteroatoms. The molecule has 3 rings (SSSR count). The number of nitrogens with zero attached hydrogens (tertiary/aromatic N) is 1. The van der Waals surface area contributed by atoms with E-state index in [9.17, 15) is 9.59 Å². The van der Waals surface area contributed by atoms with Gasteiger partial charge in [-0.3, -0.25) is 4.79 Å². The van der Waals surface area contributed by atoms with Crippen LogP contribution >= 0.6 is 11.6 Å². The van der Waals surface area contributed by atoms with Gasteiger partial charge >= 0.3 is 6.03 Å². The molecule has 0 fully saturated rings. The molecule has 0 aliphatic carbocycles. The Hall–Kier alpha value is -3.45. The van der Waals surface area contributed by atoms with E-state index in [2.05, 4.69) is 27.8 Å². The molecule has 0 bridgehead atoms. The second-order valence-electron chi connectivity index (χ2n) is 7.93. The molecule has 0 saturated heterocycles. The zero-order chi connectivity index (χ0) is 24.3. The minimum absolute atomic E-state index is 0.184. The van der Waals surface area contributed by atoms with E-state index >= 15 is 0 Å². The molecule has 0 saturated carbocycles. The topological polar surface area (TPSA) is 86.6 Å². The molecule has 1 aromatic heterocycles. The van der Waals surface area contributed by atoms with Gasteiger partial charge in [-0.25, -0.2) is 4.79 Å². The number of carbonyl (C=O) groups excluding carboxylic acids is 2. The Morgan fingerprint density at radius 2 is 1.76 bits per heavy atom. The highest BCUT2D eigenvalue weighted by molar-refractivity contribution is 6.30. The Bertz CT molecular complexity index is 1090. The molecule has 0 radical (unpaired) electrons. The minimum Gasteiger partial charge on any atom is -0.467 e. The summed E-state index contributed by atoms with van der Waals surface area (Å²) in [7, 11) is 0. The number of carbonyl (C=O) groups is 2. The summed E-state index contributed by atoms with van der Waals surface area (Å²) in [5.74, 6) is 0.635. The van der Waals surface area contributed by atoms with E-state index in [1.54, 1.807) is 42.7 Å². The number of anilines is 3. The van der Waals surface area contributed by atoms with Crippen molar-refractivity contribution < 1.29 is 14.0 Å². The van der Waals surface area contributed by atoms with Crippen LogP contribution in [-0.2, 0) is 6.54 Å². The van der Waals surface area contributed by atoms with Gasteiger partial charge in [-0.05, 0) is 61.4 Å². The van der Waals surface area contributed by atoms with Crippen molar-refractivity contribution in [2.24, 2.45) is 0 Å². The normalized spacial score (nSPS) is 10.6. The van der Waals surface area contributed by atoms with Gasteiger partial charge in [0, 0.05) is 29.5 Å². The Morgan fingerprint density at radius 1 is 0.971 bits per heavy atom. The first-order valence-electron chi connectivity index (χ1n) is 11.5. The molecule has 0 atom stereocenters. The fraction of sp³-hybridized carbons (Fsp3) is 0.308. The Balaban J connectivity index is 1.86. The molecule has 3 amide bonds. The average molecular weight is 483 g/mol. The van der Waals surface area contributed by atoms with Crippen molar-refractivity contribution in [3.63, 3.8) is 0 Å². The molecule has 1 heterocycles. The van der Waals surface area contributed by atoms with Gasteiger partial charge in [-0.1, -0.05) is 37.9 Å². The van der Waals surface area contributed by atoms with Gasteiger partial charge in [0.05, 0.1) is 24.1 Å². The summed E-state index contributed by atoms with van der Waals surface area (Å²) >= 11 is 5.99. The van der Waals surface area contributed by atoms with Gasteiger partial charge in [0.2, 0.25) is 0 Å². The van der Waals surface area contributed by atoms with Gasteiger partial charge in [-0.15, -0.1) is 0 Å². The van der Waals surface area contributed by atoms with Crippen molar-refractivity contribution in [3.05, 3.63) is 77.2 Å². The smallest absolute Gasteiger partial charge is 0.323 e. The van der Waals surface area contributed by atoms with Gasteiger partial charge in [-0.2, -0.15) is 0 Å². The largest absolute Gasteiger partial charge is 0.467 e. The lowest BCUT2D eigenvalue weighted by atomic mass is 10.1. The molecule has 3 aromatic rings. The molecular formula is C26H31ClN4O3. The zero-order valence-electron chi connectivity index (χ0n) is 19.6. The number of hydrogen-bond acceptors (Lipinski definition) is 4. The first-order chi connectivity index (χ1) is 16.5. The van der Waals surface area contributed by atoms with Crippen molar-refractivity contribution in [2.75, 3.05) is 28.6 Å². The summed E-state index contributed by atoms with van der Waals surface area (Å²) in [5.41, 5.74) is 2.38. The molecule has 3 N–H and O–H groups in total. The summed E-state index contributed by atoms with van der Waals surface area (Å²) in [5, 5.41) is 9.04. The van der Waals surface area contributed by atoms with Crippen LogP contribution in [0.5, 0.6) is 0 Å². The second-order valence-corrected chi connectivity index (χ2v) is 8.37. The molecule has 0 unspecified atom stereocenters. The van der Waals surface area contributed by atoms with E-state index in [4.69, 9.17) is 16.0 Å². The maximum atomic E-state index is 13.1. The number of furan rings is 1. The minimum atomic E-state index is -0.423. The van der Waals surface area contributed by atoms with Crippen molar-refractivity contribution in [3.8, 4) is 0 Å². The predicted molar refractivity (Wildman–Crippen MR) is 138 cm³/mol. The van der Waals surface area contributed by atoms with Crippen LogP contribution in [0.3, 0.4) is 0 Å². The van der Waals surface area contributed by atoms with Crippen LogP contribution < -0.4 is 20.9 Å². The summed E-state index contributed by atoms with van der Waals surface area (Å²) in [6.07, 6.45) is 4.47. The molecule has 0 aliphatic rings. The van der Waals surface area contributed by atoms with Gasteiger partial charge in [0.1, 0.15) is 5.76 Å². The highest BCUT2D eigenvalue weighted by Crippen LogP contribution is 2.27. The van der Waals surface area contributed by atoms with Crippen LogP contribution in [0.2, 0.25) is 5.02 Å². The highest BCUT2D eigenvalue weighted by atomic mass is 35.5. The zero-order valence-corrected chi connectivity index (χ0v) is 20.3. The molecular weight excluding hydrogens is 452 g/mol. The molecule has 180 valence electrons. The average Bonchev–Trinajstić information content (AvgIpc) is 3.33. The number of amides is 3. The van der Waals surface area contributed by atoms with E-state index in [1.807, 2.05) is 25.1 Å². The number of hydrogen-bond donors (Lipinski definition) is 3. The fourth-order valence-electron chi connectivity index (χ4n) is 3.49. The number of halogens is 1. The molecule has 2 aromatic carbocycles. The summed E-state index contributed by atoms with van der Waals surface area (Å²) in [6.45, 7) is 6.02. The lowest BCUT2D eigenvalue weighted by Gasteiger charge is -2.26. The van der Waals surface area contributed by atoms with E-state index < -0.39 is 6.03 Å². The number of benzene rings is 2. The number of urea groups is 1. The van der Waals surface area contributed by atoms with Crippen molar-refractivity contribution >= 4 is 40.6 Å². The Labute approximate surface area is 205 Å². The second kappa shape index (κ2) is 12.7. The lowest BCUT2D eigenvalue weighted by Crippen LogP contribution is -2.30. The van der Waals surface area contributed by atoms with E-state index in [1.165, 1.54) is 0 Å². The van der Waals surface area contributed by atoms with Crippen molar-refractivity contribution in [1.82, 2.24) is 5.32 Å². The molecule has 34 heavy (non-hydrogen) atoms. The summed E-state index contributed by atoms with van der Waals surface area (Å²) in [6, 6.07) is 15.6. The number of nitrogens with one attached hydrogen (secondary N) is 3. The Kier molecular flexibility index (Phi) is 9.40. The fourth-order valence-corrected chi connectivity index (χ4v) is 3.68. The van der Waals surface area contributed by atoms with Crippen molar-refractivity contribution in [2.45, 2.75) is 39.7 Å². The predicted octanol–water partition coefficient (Wildman–Crippen LogP) is 6.52. The van der Waals surface area contributed by atoms with Crippen LogP contribution in [0.1, 0.15) is 49.2 Å². The van der Waals surface area contributed by atoms with Crippen LogP contribution in [0.4, 0.5) is 21.9 Å². The van der Waals surface area contributed by atoms with Crippen LogP contribution in [-0.4, -0.2) is 25.0 Å². The van der Waals surface area contributed by atoms with Crippen LogP contribution in [0.15, 0.2) is 65.3 Å². The summed E-state index contributed by atoms with van der Waals surface area (Å²) < 4.78 is 5.56. The van der Waals surface area contributed by atoms with Crippen LogP contribution in [0.25, 0.3) is 0 Å². The lowest BCUT2D eigenvalue weighted by molar-refractivity contribution is 0.0954. The molecule has 0 spiro atoms. The van der Waals surface area contributed by atoms with E-state index in [-0.39, 0.29) is 5.91 Å². The standard InChI is InChI=1S/C26H31ClN4O3/c1-3-5-14-31(18-22-10-7-15-34-22)24-12-11-21(17-23(24)25(32)28-13-4-2)30-26(33)29-20-9-6-8-19(27)16-20/h6-12,15-17H,3-5,13-14,18H2,1-2H3,(H,28,32)(H2,29,30,33). The first kappa shape index (κ1) is 25.2. The quantitative estimate of drug-likeness (QED) is 0.290. The maximum absolute atomic E-state index is 13.1. The van der Waals surface area contributed by atoms with Crippen molar-refractivity contribution in [1.29, 1.82) is 0 Å². The SMILES string of the molecule is CCCCN(Cc1ccco1)c1ccc(NC(=O)Nc2cccc(Cl)c2)cc1C(=O)NCCC. The van der Waals surface area contributed by atoms with Gasteiger partial charge in [0.25, 0.3) is 5.91 Å². The third-order valence-electron chi connectivity index (χ3n) is 5.17. The third kappa shape index (κ3) is 7.28. The number of rotatable bonds is 11. The van der Waals surface area contributed by atoms with E-state index in [0.29, 0.717) is 35.1 Å². The third-order valence-corrected chi connectivity index (χ3v) is 5.40. The Morgan fingerprint density at radius 3 is 2.44 bits per heavy atom. The first-order valence-corrected chi connectivity index (χ1v) is 11.9. The van der Waals surface area contributed by atoms with Gasteiger partial charge in [0.15, 0.2) is 0 Å². The molecule has 7 nitrogen and oxygen atoms in total. The number of unbranched alkanes of at least 4 members (excludes halogenated alkanes) is 1.